The van der Waals surface area contributed by atoms with Gasteiger partial charge in [-0.3, -0.25) is 4.79 Å². The molecule has 0 radical (unpaired) electrons. The van der Waals surface area contributed by atoms with Gasteiger partial charge in [-0.1, -0.05) is 12.1 Å². The van der Waals surface area contributed by atoms with Gasteiger partial charge < -0.3 is 15.0 Å². The highest BCUT2D eigenvalue weighted by molar-refractivity contribution is 9.11. The molecule has 1 saturated heterocycles. The normalized spacial score (nSPS) is 14.1. The van der Waals surface area contributed by atoms with Crippen molar-refractivity contribution < 1.29 is 9.53 Å². The molecule has 4 nitrogen and oxygen atoms in total. The molecular weight excluding hydrogens is 460 g/mol. The molecule has 0 aromatic heterocycles. The maximum absolute atomic E-state index is 11.8. The summed E-state index contributed by atoms with van der Waals surface area (Å²) in [5, 5.41) is 3.46. The van der Waals surface area contributed by atoms with Gasteiger partial charge in [0.1, 0.15) is 5.75 Å². The zero-order valence-electron chi connectivity index (χ0n) is 14.7. The summed E-state index contributed by atoms with van der Waals surface area (Å²) in [6, 6.07) is 12.4. The quantitative estimate of drug-likeness (QED) is 0.603. The third-order valence-electron chi connectivity index (χ3n) is 4.33. The predicted octanol–water partition coefficient (Wildman–Crippen LogP) is 5.03. The van der Waals surface area contributed by atoms with Crippen molar-refractivity contribution >= 4 is 43.5 Å². The zero-order chi connectivity index (χ0) is 18.5. The van der Waals surface area contributed by atoms with Crippen LogP contribution in [0.3, 0.4) is 0 Å². The van der Waals surface area contributed by atoms with Crippen molar-refractivity contribution in [2.45, 2.75) is 32.9 Å². The summed E-state index contributed by atoms with van der Waals surface area (Å²) >= 11 is 7.13. The number of halogens is 2. The molecule has 138 valence electrons. The summed E-state index contributed by atoms with van der Waals surface area (Å²) in [4.78, 5) is 13.7. The lowest BCUT2D eigenvalue weighted by Gasteiger charge is -2.16. The average molecular weight is 482 g/mol. The second-order valence-corrected chi connectivity index (χ2v) is 7.95. The molecular formula is C20H22Br2N2O2. The number of anilines is 1. The minimum atomic E-state index is 0.225. The first-order chi connectivity index (χ1) is 12.6. The number of nitrogens with zero attached hydrogens (tertiary/aromatic N) is 1. The van der Waals surface area contributed by atoms with E-state index in [1.54, 1.807) is 0 Å². The Morgan fingerprint density at radius 3 is 2.31 bits per heavy atom. The number of benzene rings is 2. The van der Waals surface area contributed by atoms with Gasteiger partial charge in [0.05, 0.1) is 15.6 Å². The lowest BCUT2D eigenvalue weighted by Crippen LogP contribution is -2.23. The van der Waals surface area contributed by atoms with Crippen LogP contribution in [0.2, 0.25) is 0 Å². The number of amides is 1. The Morgan fingerprint density at radius 2 is 1.73 bits per heavy atom. The molecule has 1 N–H and O–H groups in total. The van der Waals surface area contributed by atoms with E-state index in [9.17, 15) is 4.79 Å². The number of carbonyl (C=O) groups excluding carboxylic acids is 1. The number of ether oxygens (including phenoxy) is 1. The molecule has 1 fully saturated rings. The van der Waals surface area contributed by atoms with Crippen LogP contribution in [0.15, 0.2) is 45.3 Å². The van der Waals surface area contributed by atoms with Crippen LogP contribution in [0.1, 0.15) is 30.9 Å². The van der Waals surface area contributed by atoms with E-state index in [1.807, 2.05) is 24.0 Å². The maximum Gasteiger partial charge on any atom is 0.227 e. The molecule has 0 spiro atoms. The summed E-state index contributed by atoms with van der Waals surface area (Å²) in [6.07, 6.45) is 1.62. The number of nitrogens with one attached hydrogen (secondary N) is 1. The van der Waals surface area contributed by atoms with Gasteiger partial charge in [0, 0.05) is 31.7 Å². The molecule has 0 bridgehead atoms. The van der Waals surface area contributed by atoms with Gasteiger partial charge in [-0.05, 0) is 80.6 Å². The molecule has 0 aliphatic carbocycles. The van der Waals surface area contributed by atoms with E-state index in [1.165, 1.54) is 11.1 Å². The lowest BCUT2D eigenvalue weighted by atomic mass is 10.1. The number of rotatable bonds is 7. The molecule has 2 aromatic carbocycles. The second-order valence-electron chi connectivity index (χ2n) is 6.24. The molecule has 0 saturated carbocycles. The van der Waals surface area contributed by atoms with Crippen molar-refractivity contribution in [1.29, 1.82) is 0 Å². The Bertz CT molecular complexity index is 755. The Kier molecular flexibility index (Phi) is 6.73. The van der Waals surface area contributed by atoms with Crippen molar-refractivity contribution in [3.8, 4) is 5.75 Å². The number of carbonyl (C=O) groups is 1. The van der Waals surface area contributed by atoms with Crippen LogP contribution in [0.25, 0.3) is 0 Å². The fraction of sp³-hybridized carbons (Fsp3) is 0.350. The third-order valence-corrected chi connectivity index (χ3v) is 5.50. The summed E-state index contributed by atoms with van der Waals surface area (Å²) in [7, 11) is 0. The van der Waals surface area contributed by atoms with Crippen molar-refractivity contribution in [1.82, 2.24) is 5.32 Å². The first-order valence-corrected chi connectivity index (χ1v) is 10.4. The largest absolute Gasteiger partial charge is 0.492 e. The Balaban J connectivity index is 1.56. The average Bonchev–Trinajstić information content (AvgIpc) is 3.05. The topological polar surface area (TPSA) is 41.6 Å². The van der Waals surface area contributed by atoms with E-state index >= 15 is 0 Å². The second kappa shape index (κ2) is 9.02. The van der Waals surface area contributed by atoms with Crippen LogP contribution in [0, 0.1) is 0 Å². The van der Waals surface area contributed by atoms with Crippen LogP contribution in [-0.4, -0.2) is 19.1 Å². The van der Waals surface area contributed by atoms with Gasteiger partial charge in [-0.15, -0.1) is 0 Å². The number of hydrogen-bond donors (Lipinski definition) is 1. The van der Waals surface area contributed by atoms with Crippen molar-refractivity contribution in [3.05, 3.63) is 56.5 Å². The minimum Gasteiger partial charge on any atom is -0.492 e. The highest BCUT2D eigenvalue weighted by atomic mass is 79.9. The van der Waals surface area contributed by atoms with Crippen molar-refractivity contribution in [2.75, 3.05) is 18.1 Å². The van der Waals surface area contributed by atoms with E-state index in [2.05, 4.69) is 61.4 Å². The molecule has 6 heteroatoms. The van der Waals surface area contributed by atoms with Crippen LogP contribution in [0.4, 0.5) is 5.69 Å². The van der Waals surface area contributed by atoms with Crippen LogP contribution >= 0.6 is 31.9 Å². The first kappa shape index (κ1) is 19.4. The first-order valence-electron chi connectivity index (χ1n) is 8.79. The molecule has 0 unspecified atom stereocenters. The molecule has 1 amide bonds. The van der Waals surface area contributed by atoms with E-state index in [4.69, 9.17) is 4.74 Å². The van der Waals surface area contributed by atoms with Crippen LogP contribution in [-0.2, 0) is 17.9 Å². The summed E-state index contributed by atoms with van der Waals surface area (Å²) in [5.74, 6) is 1.06. The molecule has 26 heavy (non-hydrogen) atoms. The Labute approximate surface area is 171 Å². The van der Waals surface area contributed by atoms with Gasteiger partial charge >= 0.3 is 0 Å². The van der Waals surface area contributed by atoms with Gasteiger partial charge in [0.2, 0.25) is 5.91 Å². The summed E-state index contributed by atoms with van der Waals surface area (Å²) in [5.41, 5.74) is 3.37. The molecule has 3 rings (SSSR count). The van der Waals surface area contributed by atoms with Gasteiger partial charge in [0.25, 0.3) is 0 Å². The van der Waals surface area contributed by atoms with E-state index in [0.717, 1.165) is 46.4 Å². The SMILES string of the molecule is CCOc1c(Br)cc(CNCc2ccc(N3CCCC3=O)cc2)cc1Br. The lowest BCUT2D eigenvalue weighted by molar-refractivity contribution is -0.117. The van der Waals surface area contributed by atoms with Crippen molar-refractivity contribution in [2.24, 2.45) is 0 Å². The van der Waals surface area contributed by atoms with Crippen LogP contribution in [0.5, 0.6) is 5.75 Å². The van der Waals surface area contributed by atoms with Crippen LogP contribution < -0.4 is 15.0 Å². The van der Waals surface area contributed by atoms with Gasteiger partial charge in [0.15, 0.2) is 0 Å². The smallest absolute Gasteiger partial charge is 0.227 e. The molecule has 1 aliphatic heterocycles. The Hall–Kier alpha value is -1.37. The van der Waals surface area contributed by atoms with Crippen molar-refractivity contribution in [3.63, 3.8) is 0 Å². The fourth-order valence-electron chi connectivity index (χ4n) is 3.06. The molecule has 2 aromatic rings. The molecule has 0 atom stereocenters. The van der Waals surface area contributed by atoms with Gasteiger partial charge in [-0.25, -0.2) is 0 Å². The molecule has 1 aliphatic rings. The Morgan fingerprint density at radius 1 is 1.08 bits per heavy atom. The summed E-state index contributed by atoms with van der Waals surface area (Å²) < 4.78 is 7.51. The van der Waals surface area contributed by atoms with E-state index in [-0.39, 0.29) is 5.91 Å². The third kappa shape index (κ3) is 4.67. The number of hydrogen-bond acceptors (Lipinski definition) is 3. The maximum atomic E-state index is 11.8. The minimum absolute atomic E-state index is 0.225. The fourth-order valence-corrected chi connectivity index (χ4v) is 4.57. The zero-order valence-corrected chi connectivity index (χ0v) is 17.9. The molecule has 1 heterocycles. The van der Waals surface area contributed by atoms with E-state index in [0.29, 0.717) is 13.0 Å². The van der Waals surface area contributed by atoms with E-state index < -0.39 is 0 Å². The highest BCUT2D eigenvalue weighted by Crippen LogP contribution is 2.34. The summed E-state index contributed by atoms with van der Waals surface area (Å²) in [6.45, 7) is 4.97. The highest BCUT2D eigenvalue weighted by Gasteiger charge is 2.21. The predicted molar refractivity (Wildman–Crippen MR) is 112 cm³/mol. The standard InChI is InChI=1S/C20H22Br2N2O2/c1-2-26-20-17(21)10-15(11-18(20)22)13-23-12-14-5-7-16(8-6-14)24-9-3-4-19(24)25/h5-8,10-11,23H,2-4,9,12-13H2,1H3. The monoisotopic (exact) mass is 480 g/mol. The van der Waals surface area contributed by atoms with Gasteiger partial charge in [-0.2, -0.15) is 0 Å².